The summed E-state index contributed by atoms with van der Waals surface area (Å²) in [4.78, 5) is 10.6. The van der Waals surface area contributed by atoms with Gasteiger partial charge in [0.05, 0.1) is 0 Å². The molecule has 0 atom stereocenters. The molecule has 0 fully saturated rings. The predicted molar refractivity (Wildman–Crippen MR) is 72.8 cm³/mol. The van der Waals surface area contributed by atoms with Gasteiger partial charge in [-0.3, -0.25) is 4.79 Å². The number of rotatable bonds is 3. The summed E-state index contributed by atoms with van der Waals surface area (Å²) in [6.07, 6.45) is 0.712. The van der Waals surface area contributed by atoms with E-state index in [9.17, 15) is 4.79 Å². The van der Waals surface area contributed by atoms with Crippen molar-refractivity contribution in [2.75, 3.05) is 0 Å². The zero-order valence-electron chi connectivity index (χ0n) is 9.50. The molecule has 3 aromatic rings. The van der Waals surface area contributed by atoms with Crippen LogP contribution in [0.15, 0.2) is 57.6 Å². The molecular formula is C15H10O2S. The molecule has 18 heavy (non-hydrogen) atoms. The zero-order chi connectivity index (χ0) is 12.4. The molecule has 0 unspecified atom stereocenters. The summed E-state index contributed by atoms with van der Waals surface area (Å²) >= 11 is 1.68. The van der Waals surface area contributed by atoms with Gasteiger partial charge in [0.2, 0.25) is 0 Å². The van der Waals surface area contributed by atoms with Gasteiger partial charge < -0.3 is 4.42 Å². The van der Waals surface area contributed by atoms with Crippen LogP contribution < -0.4 is 0 Å². The Kier molecular flexibility index (Phi) is 2.82. The van der Waals surface area contributed by atoms with Crippen LogP contribution in [0.1, 0.15) is 10.6 Å². The highest BCUT2D eigenvalue weighted by Crippen LogP contribution is 2.27. The van der Waals surface area contributed by atoms with Gasteiger partial charge in [0.1, 0.15) is 5.76 Å². The summed E-state index contributed by atoms with van der Waals surface area (Å²) in [5, 5.41) is 4.18. The standard InChI is InChI=1S/C15H10O2S/c16-9-14-5-6-15(17-14)12-3-1-11(2-4-12)13-7-8-18-10-13/h1-10H. The van der Waals surface area contributed by atoms with Crippen LogP contribution in [0.25, 0.3) is 22.5 Å². The quantitative estimate of drug-likeness (QED) is 0.645. The monoisotopic (exact) mass is 254 g/mol. The Hall–Kier alpha value is -2.13. The van der Waals surface area contributed by atoms with Crippen molar-refractivity contribution in [1.29, 1.82) is 0 Å². The smallest absolute Gasteiger partial charge is 0.185 e. The van der Waals surface area contributed by atoms with E-state index < -0.39 is 0 Å². The summed E-state index contributed by atoms with van der Waals surface area (Å²) in [5.74, 6) is 1.07. The lowest BCUT2D eigenvalue weighted by Gasteiger charge is -2.00. The second-order valence-electron chi connectivity index (χ2n) is 3.91. The number of furan rings is 1. The Balaban J connectivity index is 1.93. The summed E-state index contributed by atoms with van der Waals surface area (Å²) in [7, 11) is 0. The maximum Gasteiger partial charge on any atom is 0.185 e. The molecule has 0 saturated heterocycles. The second kappa shape index (κ2) is 4.63. The highest BCUT2D eigenvalue weighted by Gasteiger charge is 2.04. The first kappa shape index (κ1) is 11.0. The third-order valence-electron chi connectivity index (χ3n) is 2.77. The van der Waals surface area contributed by atoms with Crippen LogP contribution >= 0.6 is 11.3 Å². The minimum atomic E-state index is 0.354. The number of carbonyl (C=O) groups is 1. The Morgan fingerprint density at radius 2 is 1.67 bits per heavy atom. The Morgan fingerprint density at radius 1 is 0.889 bits per heavy atom. The summed E-state index contributed by atoms with van der Waals surface area (Å²) < 4.78 is 5.38. The van der Waals surface area contributed by atoms with E-state index in [0.29, 0.717) is 17.8 Å². The normalized spacial score (nSPS) is 10.4. The highest BCUT2D eigenvalue weighted by atomic mass is 32.1. The number of thiophene rings is 1. The Morgan fingerprint density at radius 3 is 2.28 bits per heavy atom. The van der Waals surface area contributed by atoms with Crippen LogP contribution in [-0.4, -0.2) is 6.29 Å². The van der Waals surface area contributed by atoms with Crippen LogP contribution in [0.4, 0.5) is 0 Å². The lowest BCUT2D eigenvalue weighted by atomic mass is 10.1. The fraction of sp³-hybridized carbons (Fsp3) is 0. The average molecular weight is 254 g/mol. The molecule has 0 aliphatic heterocycles. The number of benzene rings is 1. The fourth-order valence-electron chi connectivity index (χ4n) is 1.83. The number of hydrogen-bond donors (Lipinski definition) is 0. The number of hydrogen-bond acceptors (Lipinski definition) is 3. The average Bonchev–Trinajstić information content (AvgIpc) is 3.10. The molecule has 0 amide bonds. The zero-order valence-corrected chi connectivity index (χ0v) is 10.3. The molecule has 1 aromatic carbocycles. The van der Waals surface area contributed by atoms with Crippen molar-refractivity contribution in [3.8, 4) is 22.5 Å². The molecule has 0 saturated carbocycles. The van der Waals surface area contributed by atoms with E-state index in [1.807, 2.05) is 18.2 Å². The largest absolute Gasteiger partial charge is 0.453 e. The van der Waals surface area contributed by atoms with Crippen LogP contribution in [0.3, 0.4) is 0 Å². The fourth-order valence-corrected chi connectivity index (χ4v) is 2.49. The molecule has 0 spiro atoms. The molecule has 0 radical (unpaired) electrons. The predicted octanol–water partition coefficient (Wildman–Crippen LogP) is 4.49. The molecule has 3 heteroatoms. The molecule has 3 rings (SSSR count). The van der Waals surface area contributed by atoms with Gasteiger partial charge in [-0.2, -0.15) is 11.3 Å². The van der Waals surface area contributed by atoms with Crippen LogP contribution in [0.5, 0.6) is 0 Å². The van der Waals surface area contributed by atoms with Gasteiger partial charge in [-0.05, 0) is 40.1 Å². The van der Waals surface area contributed by atoms with E-state index in [0.717, 1.165) is 5.56 Å². The first-order valence-corrected chi connectivity index (χ1v) is 6.49. The molecule has 2 nitrogen and oxygen atoms in total. The van der Waals surface area contributed by atoms with Crippen molar-refractivity contribution in [2.24, 2.45) is 0 Å². The number of aldehydes is 1. The lowest BCUT2D eigenvalue weighted by Crippen LogP contribution is -1.76. The van der Waals surface area contributed by atoms with Gasteiger partial charge in [0, 0.05) is 5.56 Å². The van der Waals surface area contributed by atoms with Gasteiger partial charge in [0.25, 0.3) is 0 Å². The third kappa shape index (κ3) is 2.00. The van der Waals surface area contributed by atoms with Crippen molar-refractivity contribution in [3.05, 3.63) is 59.0 Å². The Bertz CT molecular complexity index is 648. The van der Waals surface area contributed by atoms with Crippen LogP contribution in [-0.2, 0) is 0 Å². The molecular weight excluding hydrogens is 244 g/mol. The molecule has 2 aromatic heterocycles. The van der Waals surface area contributed by atoms with E-state index >= 15 is 0 Å². The third-order valence-corrected chi connectivity index (χ3v) is 3.45. The van der Waals surface area contributed by atoms with E-state index in [-0.39, 0.29) is 0 Å². The van der Waals surface area contributed by atoms with Crippen molar-refractivity contribution < 1.29 is 9.21 Å². The van der Waals surface area contributed by atoms with Gasteiger partial charge in [-0.1, -0.05) is 24.3 Å². The second-order valence-corrected chi connectivity index (χ2v) is 4.69. The highest BCUT2D eigenvalue weighted by molar-refractivity contribution is 7.08. The lowest BCUT2D eigenvalue weighted by molar-refractivity contribution is 0.110. The first-order chi connectivity index (χ1) is 8.86. The minimum absolute atomic E-state index is 0.354. The molecule has 2 heterocycles. The minimum Gasteiger partial charge on any atom is -0.453 e. The van der Waals surface area contributed by atoms with Gasteiger partial charge in [-0.25, -0.2) is 0 Å². The SMILES string of the molecule is O=Cc1ccc(-c2ccc(-c3ccsc3)cc2)o1. The van der Waals surface area contributed by atoms with Crippen molar-refractivity contribution in [2.45, 2.75) is 0 Å². The van der Waals surface area contributed by atoms with Crippen LogP contribution in [0, 0.1) is 0 Å². The van der Waals surface area contributed by atoms with E-state index in [4.69, 9.17) is 4.42 Å². The summed E-state index contributed by atoms with van der Waals surface area (Å²) in [6.45, 7) is 0. The summed E-state index contributed by atoms with van der Waals surface area (Å²) in [6, 6.07) is 13.7. The molecule has 0 aliphatic carbocycles. The number of carbonyl (C=O) groups excluding carboxylic acids is 1. The molecule has 88 valence electrons. The van der Waals surface area contributed by atoms with Gasteiger partial charge >= 0.3 is 0 Å². The summed E-state index contributed by atoms with van der Waals surface area (Å²) in [5.41, 5.74) is 3.38. The maximum absolute atomic E-state index is 10.6. The topological polar surface area (TPSA) is 30.2 Å². The first-order valence-electron chi connectivity index (χ1n) is 5.55. The van der Waals surface area contributed by atoms with Gasteiger partial charge in [0.15, 0.2) is 12.0 Å². The van der Waals surface area contributed by atoms with E-state index in [2.05, 4.69) is 29.0 Å². The van der Waals surface area contributed by atoms with Crippen molar-refractivity contribution in [1.82, 2.24) is 0 Å². The van der Waals surface area contributed by atoms with Gasteiger partial charge in [-0.15, -0.1) is 0 Å². The Labute approximate surface area is 109 Å². The van der Waals surface area contributed by atoms with Crippen molar-refractivity contribution in [3.63, 3.8) is 0 Å². The van der Waals surface area contributed by atoms with Crippen LogP contribution in [0.2, 0.25) is 0 Å². The maximum atomic E-state index is 10.6. The van der Waals surface area contributed by atoms with Crippen molar-refractivity contribution >= 4 is 17.6 Å². The molecule has 0 bridgehead atoms. The van der Waals surface area contributed by atoms with E-state index in [1.54, 1.807) is 17.4 Å². The van der Waals surface area contributed by atoms with E-state index in [1.165, 1.54) is 11.1 Å². The molecule has 0 aliphatic rings. The molecule has 0 N–H and O–H groups in total.